The molecule has 0 aliphatic carbocycles. The molecule has 0 radical (unpaired) electrons. The molecule has 0 aromatic heterocycles. The zero-order valence-electron chi connectivity index (χ0n) is 10.7. The van der Waals surface area contributed by atoms with Crippen molar-refractivity contribution in [3.63, 3.8) is 0 Å². The number of piperidine rings is 1. The van der Waals surface area contributed by atoms with Crippen LogP contribution in [0.3, 0.4) is 0 Å². The Hall–Kier alpha value is -0.730. The Kier molecular flexibility index (Phi) is 4.30. The predicted octanol–water partition coefficient (Wildman–Crippen LogP) is 3.54. The van der Waals surface area contributed by atoms with Gasteiger partial charge in [0.15, 0.2) is 0 Å². The molecule has 0 saturated carbocycles. The molecule has 0 bridgehead atoms. The second-order valence-corrected chi connectivity index (χ2v) is 5.22. The van der Waals surface area contributed by atoms with Gasteiger partial charge in [0.1, 0.15) is 0 Å². The number of anilines is 1. The number of rotatable bonds is 3. The number of aryl methyl sites for hydroxylation is 1. The summed E-state index contributed by atoms with van der Waals surface area (Å²) >= 11 is 6.13. The predicted molar refractivity (Wildman–Crippen MR) is 74.9 cm³/mol. The van der Waals surface area contributed by atoms with Gasteiger partial charge in [-0.15, -0.1) is 0 Å². The van der Waals surface area contributed by atoms with Gasteiger partial charge < -0.3 is 10.2 Å². The average molecular weight is 253 g/mol. The van der Waals surface area contributed by atoms with Crippen molar-refractivity contribution in [2.75, 3.05) is 25.0 Å². The number of nitrogens with one attached hydrogen (secondary N) is 1. The lowest BCUT2D eigenvalue weighted by Crippen LogP contribution is -2.38. The van der Waals surface area contributed by atoms with Crippen molar-refractivity contribution in [3.05, 3.63) is 28.8 Å². The molecule has 1 aliphatic heterocycles. The summed E-state index contributed by atoms with van der Waals surface area (Å²) in [5, 5.41) is 4.43. The maximum absolute atomic E-state index is 6.13. The average Bonchev–Trinajstić information content (AvgIpc) is 2.35. The summed E-state index contributed by atoms with van der Waals surface area (Å²) in [6, 6.07) is 6.82. The molecule has 1 heterocycles. The Labute approximate surface area is 109 Å². The fraction of sp³-hybridized carbons (Fsp3) is 0.571. The van der Waals surface area contributed by atoms with E-state index in [0.29, 0.717) is 6.04 Å². The van der Waals surface area contributed by atoms with Crippen molar-refractivity contribution >= 4 is 17.3 Å². The fourth-order valence-corrected chi connectivity index (χ4v) is 2.49. The fourth-order valence-electron chi connectivity index (χ4n) is 2.31. The minimum absolute atomic E-state index is 0.594. The number of likely N-dealkylation sites (tertiary alicyclic amines) is 1. The molecule has 17 heavy (non-hydrogen) atoms. The third-order valence-electron chi connectivity index (χ3n) is 3.58. The Morgan fingerprint density at radius 2 is 2.06 bits per heavy atom. The second kappa shape index (κ2) is 5.74. The van der Waals surface area contributed by atoms with Crippen molar-refractivity contribution in [1.29, 1.82) is 0 Å². The molecule has 1 saturated heterocycles. The van der Waals surface area contributed by atoms with Crippen molar-refractivity contribution in [2.45, 2.75) is 32.7 Å². The standard InChI is InChI=1S/C14H21ClN2/c1-3-17-8-6-12(7-9-17)16-13-5-4-11(2)14(15)10-13/h4-5,10,12,16H,3,6-9H2,1-2H3. The van der Waals surface area contributed by atoms with Gasteiger partial charge in [-0.1, -0.05) is 24.6 Å². The molecule has 0 unspecified atom stereocenters. The van der Waals surface area contributed by atoms with Crippen molar-refractivity contribution in [3.8, 4) is 0 Å². The summed E-state index contributed by atoms with van der Waals surface area (Å²) in [4.78, 5) is 2.50. The second-order valence-electron chi connectivity index (χ2n) is 4.82. The first kappa shape index (κ1) is 12.7. The summed E-state index contributed by atoms with van der Waals surface area (Å²) in [7, 11) is 0. The van der Waals surface area contributed by atoms with Crippen molar-refractivity contribution in [2.24, 2.45) is 0 Å². The van der Waals surface area contributed by atoms with Gasteiger partial charge in [-0.2, -0.15) is 0 Å². The van der Waals surface area contributed by atoms with E-state index < -0.39 is 0 Å². The van der Waals surface area contributed by atoms with Crippen LogP contribution in [0.2, 0.25) is 5.02 Å². The van der Waals surface area contributed by atoms with E-state index in [-0.39, 0.29) is 0 Å². The van der Waals surface area contributed by atoms with Crippen LogP contribution in [0.15, 0.2) is 18.2 Å². The molecule has 1 aliphatic rings. The van der Waals surface area contributed by atoms with Crippen LogP contribution in [-0.2, 0) is 0 Å². The van der Waals surface area contributed by atoms with Crippen LogP contribution in [0.1, 0.15) is 25.3 Å². The quantitative estimate of drug-likeness (QED) is 0.885. The lowest BCUT2D eigenvalue weighted by molar-refractivity contribution is 0.229. The van der Waals surface area contributed by atoms with Gasteiger partial charge in [-0.05, 0) is 44.0 Å². The number of hydrogen-bond acceptors (Lipinski definition) is 2. The molecule has 2 rings (SSSR count). The molecule has 1 aromatic carbocycles. The molecule has 3 heteroatoms. The zero-order valence-corrected chi connectivity index (χ0v) is 11.4. The van der Waals surface area contributed by atoms with Gasteiger partial charge in [0.05, 0.1) is 0 Å². The number of benzene rings is 1. The van der Waals surface area contributed by atoms with E-state index in [1.165, 1.54) is 32.5 Å². The Bertz CT molecular complexity index is 370. The number of halogens is 1. The molecule has 0 spiro atoms. The molecule has 0 amide bonds. The normalized spacial score (nSPS) is 18.3. The van der Waals surface area contributed by atoms with E-state index in [0.717, 1.165) is 16.3 Å². The molecule has 1 fully saturated rings. The van der Waals surface area contributed by atoms with E-state index in [9.17, 15) is 0 Å². The highest BCUT2D eigenvalue weighted by atomic mass is 35.5. The maximum Gasteiger partial charge on any atom is 0.0455 e. The summed E-state index contributed by atoms with van der Waals surface area (Å²) < 4.78 is 0. The highest BCUT2D eigenvalue weighted by Gasteiger charge is 2.17. The monoisotopic (exact) mass is 252 g/mol. The van der Waals surface area contributed by atoms with Crippen molar-refractivity contribution < 1.29 is 0 Å². The van der Waals surface area contributed by atoms with Crippen LogP contribution in [0.25, 0.3) is 0 Å². The minimum Gasteiger partial charge on any atom is -0.382 e. The summed E-state index contributed by atoms with van der Waals surface area (Å²) in [5.74, 6) is 0. The highest BCUT2D eigenvalue weighted by molar-refractivity contribution is 6.31. The zero-order chi connectivity index (χ0) is 12.3. The lowest BCUT2D eigenvalue weighted by Gasteiger charge is -2.32. The Morgan fingerprint density at radius 3 is 2.65 bits per heavy atom. The summed E-state index contributed by atoms with van der Waals surface area (Å²) in [6.07, 6.45) is 2.44. The Balaban J connectivity index is 1.91. The molecular weight excluding hydrogens is 232 g/mol. The summed E-state index contributed by atoms with van der Waals surface area (Å²) in [6.45, 7) is 7.84. The van der Waals surface area contributed by atoms with Gasteiger partial charge in [0.25, 0.3) is 0 Å². The Morgan fingerprint density at radius 1 is 1.35 bits per heavy atom. The first-order valence-corrected chi connectivity index (χ1v) is 6.82. The largest absolute Gasteiger partial charge is 0.382 e. The van der Waals surface area contributed by atoms with Crippen molar-refractivity contribution in [1.82, 2.24) is 4.90 Å². The highest BCUT2D eigenvalue weighted by Crippen LogP contribution is 2.22. The van der Waals surface area contributed by atoms with Gasteiger partial charge >= 0.3 is 0 Å². The molecule has 2 nitrogen and oxygen atoms in total. The topological polar surface area (TPSA) is 15.3 Å². The van der Waals surface area contributed by atoms with E-state index in [1.54, 1.807) is 0 Å². The maximum atomic E-state index is 6.13. The first-order chi connectivity index (χ1) is 8.19. The summed E-state index contributed by atoms with van der Waals surface area (Å²) in [5.41, 5.74) is 2.29. The third kappa shape index (κ3) is 3.36. The molecule has 1 aromatic rings. The number of hydrogen-bond donors (Lipinski definition) is 1. The van der Waals surface area contributed by atoms with Gasteiger partial charge in [0.2, 0.25) is 0 Å². The van der Waals surface area contributed by atoms with Crippen LogP contribution >= 0.6 is 11.6 Å². The van der Waals surface area contributed by atoms with Gasteiger partial charge in [-0.3, -0.25) is 0 Å². The van der Waals surface area contributed by atoms with Crippen LogP contribution in [-0.4, -0.2) is 30.6 Å². The van der Waals surface area contributed by atoms with Gasteiger partial charge in [-0.25, -0.2) is 0 Å². The minimum atomic E-state index is 0.594. The van der Waals surface area contributed by atoms with Crippen LogP contribution < -0.4 is 5.32 Å². The number of nitrogens with zero attached hydrogens (tertiary/aromatic N) is 1. The lowest BCUT2D eigenvalue weighted by atomic mass is 10.0. The van der Waals surface area contributed by atoms with Crippen LogP contribution in [0.4, 0.5) is 5.69 Å². The van der Waals surface area contributed by atoms with E-state index in [4.69, 9.17) is 11.6 Å². The smallest absolute Gasteiger partial charge is 0.0455 e. The third-order valence-corrected chi connectivity index (χ3v) is 3.98. The van der Waals surface area contributed by atoms with Crippen LogP contribution in [0.5, 0.6) is 0 Å². The van der Waals surface area contributed by atoms with E-state index >= 15 is 0 Å². The molecule has 94 valence electrons. The molecular formula is C14H21ClN2. The molecule has 1 N–H and O–H groups in total. The molecule has 0 atom stereocenters. The van der Waals surface area contributed by atoms with Crippen LogP contribution in [0, 0.1) is 6.92 Å². The SMILES string of the molecule is CCN1CCC(Nc2ccc(C)c(Cl)c2)CC1. The van der Waals surface area contributed by atoms with E-state index in [2.05, 4.69) is 29.3 Å². The first-order valence-electron chi connectivity index (χ1n) is 6.44. The van der Waals surface area contributed by atoms with Gasteiger partial charge in [0, 0.05) is 29.8 Å². The van der Waals surface area contributed by atoms with E-state index in [1.807, 2.05) is 13.0 Å².